The van der Waals surface area contributed by atoms with Crippen LogP contribution in [-0.4, -0.2) is 55.8 Å². The van der Waals surface area contributed by atoms with Crippen LogP contribution in [0.4, 0.5) is 8.78 Å². The predicted molar refractivity (Wildman–Crippen MR) is 59.7 cm³/mol. The van der Waals surface area contributed by atoms with E-state index in [-0.39, 0.29) is 18.6 Å². The highest BCUT2D eigenvalue weighted by Crippen LogP contribution is 2.29. The Bertz CT molecular complexity index is 211. The van der Waals surface area contributed by atoms with E-state index in [0.29, 0.717) is 6.54 Å². The quantitative estimate of drug-likeness (QED) is 0.745. The molecule has 5 heteroatoms. The maximum Gasteiger partial charge on any atom is 0.257 e. The normalized spacial score (nSPS) is 22.3. The van der Waals surface area contributed by atoms with Gasteiger partial charge in [-0.25, -0.2) is 8.78 Å². The Labute approximate surface area is 95.8 Å². The van der Waals surface area contributed by atoms with Crippen LogP contribution in [0.1, 0.15) is 19.8 Å². The molecule has 0 unspecified atom stereocenters. The fourth-order valence-corrected chi connectivity index (χ4v) is 2.03. The molecule has 0 aliphatic carbocycles. The first-order valence-electron chi connectivity index (χ1n) is 5.75. The summed E-state index contributed by atoms with van der Waals surface area (Å²) in [6, 6.07) is 0. The first-order valence-corrected chi connectivity index (χ1v) is 5.75. The van der Waals surface area contributed by atoms with Gasteiger partial charge >= 0.3 is 0 Å². The van der Waals surface area contributed by atoms with Crippen molar-refractivity contribution >= 4 is 0 Å². The van der Waals surface area contributed by atoms with Crippen LogP contribution >= 0.6 is 0 Å². The summed E-state index contributed by atoms with van der Waals surface area (Å²) >= 11 is 0. The Hall–Kier alpha value is -0.260. The Kier molecular flexibility index (Phi) is 4.64. The topological polar surface area (TPSA) is 35.5 Å². The van der Waals surface area contributed by atoms with Gasteiger partial charge in [-0.1, -0.05) is 0 Å². The van der Waals surface area contributed by atoms with Crippen LogP contribution in [0.15, 0.2) is 0 Å². The van der Waals surface area contributed by atoms with Crippen LogP contribution in [0.25, 0.3) is 0 Å². The molecule has 3 nitrogen and oxygen atoms in total. The summed E-state index contributed by atoms with van der Waals surface area (Å²) in [6.07, 6.45) is 1.73. The molecule has 1 rings (SSSR count). The second-order valence-electron chi connectivity index (χ2n) is 5.14. The van der Waals surface area contributed by atoms with Gasteiger partial charge in [0, 0.05) is 18.9 Å². The summed E-state index contributed by atoms with van der Waals surface area (Å²) in [5, 5.41) is 12.2. The Morgan fingerprint density at radius 2 is 1.94 bits per heavy atom. The van der Waals surface area contributed by atoms with E-state index in [0.717, 1.165) is 32.9 Å². The summed E-state index contributed by atoms with van der Waals surface area (Å²) in [5.41, 5.74) is -0.211. The van der Waals surface area contributed by atoms with Gasteiger partial charge in [0.25, 0.3) is 5.92 Å². The summed E-state index contributed by atoms with van der Waals surface area (Å²) < 4.78 is 25.3. The summed E-state index contributed by atoms with van der Waals surface area (Å²) in [7, 11) is 2.04. The van der Waals surface area contributed by atoms with Crippen molar-refractivity contribution in [2.24, 2.45) is 5.41 Å². The van der Waals surface area contributed by atoms with Crippen molar-refractivity contribution in [1.29, 1.82) is 0 Å². The average molecular weight is 236 g/mol. The highest BCUT2D eigenvalue weighted by atomic mass is 19.3. The van der Waals surface area contributed by atoms with E-state index in [4.69, 9.17) is 0 Å². The third-order valence-corrected chi connectivity index (χ3v) is 3.32. The fourth-order valence-electron chi connectivity index (χ4n) is 2.03. The van der Waals surface area contributed by atoms with E-state index in [1.165, 1.54) is 0 Å². The minimum atomic E-state index is -2.68. The molecular formula is C11H22F2N2O. The molecular weight excluding hydrogens is 214 g/mol. The second kappa shape index (κ2) is 5.38. The van der Waals surface area contributed by atoms with E-state index in [2.05, 4.69) is 10.2 Å². The number of halogens is 2. The summed E-state index contributed by atoms with van der Waals surface area (Å²) in [4.78, 5) is 2.20. The maximum absolute atomic E-state index is 12.6. The largest absolute Gasteiger partial charge is 0.396 e. The molecule has 0 saturated carbocycles. The Balaban J connectivity index is 2.36. The van der Waals surface area contributed by atoms with Crippen molar-refractivity contribution in [2.45, 2.75) is 25.7 Å². The molecule has 1 heterocycles. The average Bonchev–Trinajstić information content (AvgIpc) is 2.20. The number of aliphatic hydroxyl groups excluding tert-OH is 1. The molecule has 0 spiro atoms. The lowest BCUT2D eigenvalue weighted by atomic mass is 9.79. The van der Waals surface area contributed by atoms with Crippen LogP contribution < -0.4 is 5.32 Å². The molecule has 0 radical (unpaired) electrons. The number of nitrogens with zero attached hydrogens (tertiary/aromatic N) is 1. The van der Waals surface area contributed by atoms with Gasteiger partial charge in [0.05, 0.1) is 13.2 Å². The Morgan fingerprint density at radius 1 is 1.38 bits per heavy atom. The molecule has 0 aromatic heterocycles. The molecule has 2 N–H and O–H groups in total. The van der Waals surface area contributed by atoms with Crippen molar-refractivity contribution in [3.63, 3.8) is 0 Å². The smallest absolute Gasteiger partial charge is 0.257 e. The van der Waals surface area contributed by atoms with E-state index in [1.807, 2.05) is 7.05 Å². The van der Waals surface area contributed by atoms with Crippen molar-refractivity contribution in [1.82, 2.24) is 10.2 Å². The highest BCUT2D eigenvalue weighted by molar-refractivity contribution is 4.87. The molecule has 1 aliphatic rings. The molecule has 0 aromatic rings. The number of hydrogen-bond donors (Lipinski definition) is 2. The molecule has 0 bridgehead atoms. The minimum Gasteiger partial charge on any atom is -0.396 e. The Morgan fingerprint density at radius 3 is 2.38 bits per heavy atom. The van der Waals surface area contributed by atoms with Crippen molar-refractivity contribution < 1.29 is 13.9 Å². The van der Waals surface area contributed by atoms with Gasteiger partial charge in [0.15, 0.2) is 0 Å². The van der Waals surface area contributed by atoms with E-state index in [9.17, 15) is 13.9 Å². The number of rotatable bonds is 5. The first-order chi connectivity index (χ1) is 7.37. The summed E-state index contributed by atoms with van der Waals surface area (Å²) in [6.45, 7) is 2.98. The molecule has 96 valence electrons. The van der Waals surface area contributed by atoms with Crippen LogP contribution in [0.2, 0.25) is 0 Å². The van der Waals surface area contributed by atoms with E-state index >= 15 is 0 Å². The maximum atomic E-state index is 12.6. The molecule has 0 atom stereocenters. The molecule has 1 saturated heterocycles. The molecule has 0 amide bonds. The minimum absolute atomic E-state index is 0.0725. The van der Waals surface area contributed by atoms with Gasteiger partial charge in [-0.2, -0.15) is 0 Å². The zero-order chi connectivity index (χ0) is 12.2. The van der Waals surface area contributed by atoms with Crippen LogP contribution in [-0.2, 0) is 0 Å². The lowest BCUT2D eigenvalue weighted by Gasteiger charge is -2.39. The first kappa shape index (κ1) is 13.8. The number of piperidine rings is 1. The lowest BCUT2D eigenvalue weighted by Crippen LogP contribution is -2.47. The van der Waals surface area contributed by atoms with Crippen LogP contribution in [0.5, 0.6) is 0 Å². The standard InChI is InChI=1S/C11H22F2N2O/c1-10(12,13)7-14-8-11(9-16)3-5-15(2)6-4-11/h14,16H,3-9H2,1-2H3. The van der Waals surface area contributed by atoms with Crippen molar-refractivity contribution in [3.05, 3.63) is 0 Å². The zero-order valence-electron chi connectivity index (χ0n) is 10.1. The molecule has 0 aromatic carbocycles. The number of nitrogens with one attached hydrogen (secondary N) is 1. The number of likely N-dealkylation sites (tertiary alicyclic amines) is 1. The molecule has 1 fully saturated rings. The second-order valence-corrected chi connectivity index (χ2v) is 5.14. The van der Waals surface area contributed by atoms with Gasteiger partial charge in [0.1, 0.15) is 0 Å². The van der Waals surface area contributed by atoms with Crippen molar-refractivity contribution in [2.75, 3.05) is 39.8 Å². The highest BCUT2D eigenvalue weighted by Gasteiger charge is 2.33. The number of alkyl halides is 2. The van der Waals surface area contributed by atoms with Gasteiger partial charge < -0.3 is 15.3 Å². The van der Waals surface area contributed by atoms with Gasteiger partial charge in [-0.3, -0.25) is 0 Å². The van der Waals surface area contributed by atoms with Crippen molar-refractivity contribution in [3.8, 4) is 0 Å². The molecule has 16 heavy (non-hydrogen) atoms. The number of aliphatic hydroxyl groups is 1. The van der Waals surface area contributed by atoms with E-state index in [1.54, 1.807) is 0 Å². The fraction of sp³-hybridized carbons (Fsp3) is 1.00. The van der Waals surface area contributed by atoms with Gasteiger partial charge in [0.2, 0.25) is 0 Å². The third kappa shape index (κ3) is 4.31. The SMILES string of the molecule is CN1CCC(CO)(CNCC(C)(F)F)CC1. The third-order valence-electron chi connectivity index (χ3n) is 3.32. The van der Waals surface area contributed by atoms with Gasteiger partial charge in [-0.15, -0.1) is 0 Å². The van der Waals surface area contributed by atoms with E-state index < -0.39 is 5.92 Å². The predicted octanol–water partition coefficient (Wildman–Crippen LogP) is 0.935. The van der Waals surface area contributed by atoms with Crippen LogP contribution in [0, 0.1) is 5.41 Å². The molecule has 1 aliphatic heterocycles. The van der Waals surface area contributed by atoms with Crippen LogP contribution in [0.3, 0.4) is 0 Å². The number of hydrogen-bond acceptors (Lipinski definition) is 3. The lowest BCUT2D eigenvalue weighted by molar-refractivity contribution is 0.00944. The summed E-state index contributed by atoms with van der Waals surface area (Å²) in [5.74, 6) is -2.68. The van der Waals surface area contributed by atoms with Gasteiger partial charge in [-0.05, 0) is 33.0 Å². The monoisotopic (exact) mass is 236 g/mol. The zero-order valence-corrected chi connectivity index (χ0v) is 10.1.